The second-order valence-electron chi connectivity index (χ2n) is 7.89. The fraction of sp³-hybridized carbons (Fsp3) is 0.0400. The number of nitrogens with zero attached hydrogens (tertiary/aromatic N) is 3. The molecule has 0 unspecified atom stereocenters. The van der Waals surface area contributed by atoms with Gasteiger partial charge in [-0.05, 0) is 55.0 Å². The van der Waals surface area contributed by atoms with Crippen molar-refractivity contribution in [2.24, 2.45) is 0 Å². The van der Waals surface area contributed by atoms with E-state index in [2.05, 4.69) is 9.71 Å². The minimum atomic E-state index is -4.87. The number of anilines is 2. The summed E-state index contributed by atoms with van der Waals surface area (Å²) in [7, 11) is -13.9. The van der Waals surface area contributed by atoms with E-state index in [9.17, 15) is 30.5 Å². The number of pyridine rings is 1. The van der Waals surface area contributed by atoms with Crippen LogP contribution < -0.4 is 8.43 Å². The van der Waals surface area contributed by atoms with Gasteiger partial charge in [-0.3, -0.25) is 4.72 Å². The van der Waals surface area contributed by atoms with Gasteiger partial charge in [-0.2, -0.15) is 22.1 Å². The predicted octanol–water partition coefficient (Wildman–Crippen LogP) is 3.65. The van der Waals surface area contributed by atoms with Crippen molar-refractivity contribution in [1.82, 2.24) is 4.98 Å². The van der Waals surface area contributed by atoms with Gasteiger partial charge < -0.3 is 0 Å². The number of nitrogens with one attached hydrogen (secondary N) is 1. The van der Waals surface area contributed by atoms with Crippen LogP contribution in [0.15, 0.2) is 112 Å². The number of hydrogen-bond donors (Lipinski definition) is 1. The predicted molar refractivity (Wildman–Crippen MR) is 141 cm³/mol. The van der Waals surface area contributed by atoms with E-state index < -0.39 is 35.9 Å². The zero-order chi connectivity index (χ0) is 27.6. The van der Waals surface area contributed by atoms with Gasteiger partial charge in [-0.15, -0.1) is 3.71 Å². The van der Waals surface area contributed by atoms with Gasteiger partial charge in [0.25, 0.3) is 30.1 Å². The van der Waals surface area contributed by atoms with E-state index in [1.165, 1.54) is 85.8 Å². The van der Waals surface area contributed by atoms with E-state index in [1.807, 2.05) is 0 Å². The van der Waals surface area contributed by atoms with E-state index in [-0.39, 0.29) is 35.3 Å². The van der Waals surface area contributed by atoms with Crippen LogP contribution in [0.4, 0.5) is 11.6 Å². The molecule has 38 heavy (non-hydrogen) atoms. The Balaban J connectivity index is 1.99. The molecule has 0 aliphatic heterocycles. The first-order valence-corrected chi connectivity index (χ1v) is 15.2. The van der Waals surface area contributed by atoms with Gasteiger partial charge >= 0.3 is 0 Å². The van der Waals surface area contributed by atoms with Gasteiger partial charge in [-0.25, -0.2) is 13.4 Å². The van der Waals surface area contributed by atoms with Crippen LogP contribution in [-0.4, -0.2) is 30.2 Å². The molecule has 10 nitrogen and oxygen atoms in total. The Labute approximate surface area is 221 Å². The lowest BCUT2D eigenvalue weighted by Crippen LogP contribution is -2.38. The highest BCUT2D eigenvalue weighted by atomic mass is 32.3. The molecule has 0 bridgehead atoms. The lowest BCUT2D eigenvalue weighted by Gasteiger charge is -2.25. The minimum absolute atomic E-state index is 0.0660. The average molecular weight is 569 g/mol. The zero-order valence-corrected chi connectivity index (χ0v) is 22.2. The summed E-state index contributed by atoms with van der Waals surface area (Å²) in [5.74, 6) is -1.15. The number of nitriles is 1. The van der Waals surface area contributed by atoms with Gasteiger partial charge in [0.15, 0.2) is 5.82 Å². The first kappa shape index (κ1) is 26.8. The molecule has 0 aliphatic carbocycles. The Kier molecular flexibility index (Phi) is 7.23. The van der Waals surface area contributed by atoms with E-state index in [4.69, 9.17) is 0 Å². The van der Waals surface area contributed by atoms with Crippen molar-refractivity contribution in [1.29, 1.82) is 5.26 Å². The Morgan fingerprint density at radius 1 is 0.711 bits per heavy atom. The molecule has 0 saturated carbocycles. The molecule has 0 spiro atoms. The largest absolute Gasteiger partial charge is 0.279 e. The van der Waals surface area contributed by atoms with Crippen molar-refractivity contribution in [3.8, 4) is 6.07 Å². The first-order chi connectivity index (χ1) is 18.0. The molecule has 1 aromatic heterocycles. The molecule has 13 heteroatoms. The monoisotopic (exact) mass is 568 g/mol. The molecule has 4 rings (SSSR count). The molecule has 0 radical (unpaired) electrons. The van der Waals surface area contributed by atoms with Gasteiger partial charge in [-0.1, -0.05) is 54.6 Å². The molecule has 194 valence electrons. The van der Waals surface area contributed by atoms with Crippen LogP contribution in [0.25, 0.3) is 0 Å². The summed E-state index contributed by atoms with van der Waals surface area (Å²) in [5.41, 5.74) is -0.272. The summed E-state index contributed by atoms with van der Waals surface area (Å²) in [6.45, 7) is 1.41. The molecule has 0 aliphatic rings. The number of rotatable bonds is 8. The molecular formula is C25H20N4O6S3. The smallest absolute Gasteiger partial charge is 0.263 e. The molecular weight excluding hydrogens is 548 g/mol. The number of benzene rings is 3. The second-order valence-corrected chi connectivity index (χ2v) is 13.4. The summed E-state index contributed by atoms with van der Waals surface area (Å²) in [4.78, 5) is 3.20. The fourth-order valence-corrected chi connectivity index (χ4v) is 8.18. The van der Waals surface area contributed by atoms with Crippen molar-refractivity contribution in [2.45, 2.75) is 21.6 Å². The topological polar surface area (TPSA) is 154 Å². The summed E-state index contributed by atoms with van der Waals surface area (Å²) in [6, 6.07) is 23.9. The van der Waals surface area contributed by atoms with Gasteiger partial charge in [0.2, 0.25) is 0 Å². The molecule has 0 amide bonds. The summed E-state index contributed by atoms with van der Waals surface area (Å²) >= 11 is 0. The summed E-state index contributed by atoms with van der Waals surface area (Å²) < 4.78 is 83.4. The SMILES string of the molecule is Cc1cc(NS(=O)(=O)c2ccccc2)nc(N(S(=O)(=O)c2ccccc2)S(=O)(=O)c2ccccc2)c1C#N. The molecule has 0 fully saturated rings. The second kappa shape index (κ2) is 10.3. The Bertz CT molecular complexity index is 1770. The molecule has 3 aromatic carbocycles. The van der Waals surface area contributed by atoms with E-state index in [1.54, 1.807) is 24.3 Å². The quantitative estimate of drug-likeness (QED) is 0.338. The number of sulfonamides is 3. The third-order valence-corrected chi connectivity index (χ3v) is 10.8. The maximum atomic E-state index is 13.8. The third-order valence-electron chi connectivity index (χ3n) is 5.29. The lowest BCUT2D eigenvalue weighted by atomic mass is 10.1. The highest BCUT2D eigenvalue weighted by molar-refractivity contribution is 8.10. The maximum absolute atomic E-state index is 13.8. The van der Waals surface area contributed by atoms with Gasteiger partial charge in [0.05, 0.1) is 20.2 Å². The van der Waals surface area contributed by atoms with Crippen molar-refractivity contribution in [3.63, 3.8) is 0 Å². The lowest BCUT2D eigenvalue weighted by molar-refractivity contribution is 0.583. The van der Waals surface area contributed by atoms with Crippen molar-refractivity contribution in [3.05, 3.63) is 108 Å². The van der Waals surface area contributed by atoms with Crippen LogP contribution in [0.2, 0.25) is 0 Å². The van der Waals surface area contributed by atoms with E-state index in [0.717, 1.165) is 0 Å². The standard InChI is InChI=1S/C25H20N4O6S3/c1-19-17-24(28-36(30,31)20-11-5-2-6-12-20)27-25(23(19)18-26)29(37(32,33)21-13-7-3-8-14-21)38(34,35)22-15-9-4-10-16-22/h2-17H,1H3,(H,27,28). The normalized spacial score (nSPS) is 11.9. The Morgan fingerprint density at radius 2 is 1.13 bits per heavy atom. The Hall–Kier alpha value is -4.25. The van der Waals surface area contributed by atoms with Crippen LogP contribution in [0.5, 0.6) is 0 Å². The molecule has 0 saturated heterocycles. The van der Waals surface area contributed by atoms with Crippen LogP contribution >= 0.6 is 0 Å². The average Bonchev–Trinajstić information content (AvgIpc) is 2.90. The molecule has 1 heterocycles. The van der Waals surface area contributed by atoms with Crippen LogP contribution in [0.3, 0.4) is 0 Å². The third kappa shape index (κ3) is 5.10. The maximum Gasteiger partial charge on any atom is 0.279 e. The number of aryl methyl sites for hydroxylation is 1. The van der Waals surface area contributed by atoms with Crippen molar-refractivity contribution in [2.75, 3.05) is 8.43 Å². The molecule has 1 N–H and O–H groups in total. The Morgan fingerprint density at radius 3 is 1.55 bits per heavy atom. The zero-order valence-electron chi connectivity index (χ0n) is 19.8. The fourth-order valence-electron chi connectivity index (χ4n) is 3.51. The summed E-state index contributed by atoms with van der Waals surface area (Å²) in [6.07, 6.45) is 0. The van der Waals surface area contributed by atoms with E-state index >= 15 is 0 Å². The highest BCUT2D eigenvalue weighted by Gasteiger charge is 2.40. The van der Waals surface area contributed by atoms with Gasteiger partial charge in [0.1, 0.15) is 11.9 Å². The molecule has 4 aromatic rings. The minimum Gasteiger partial charge on any atom is -0.263 e. The van der Waals surface area contributed by atoms with Crippen LogP contribution in [0.1, 0.15) is 11.1 Å². The number of hydrogen-bond acceptors (Lipinski definition) is 8. The van der Waals surface area contributed by atoms with Gasteiger partial charge in [0, 0.05) is 0 Å². The number of aromatic nitrogens is 1. The van der Waals surface area contributed by atoms with Crippen LogP contribution in [0, 0.1) is 18.3 Å². The van der Waals surface area contributed by atoms with Crippen molar-refractivity contribution >= 4 is 41.7 Å². The highest BCUT2D eigenvalue weighted by Crippen LogP contribution is 2.34. The van der Waals surface area contributed by atoms with Crippen LogP contribution in [-0.2, 0) is 30.1 Å². The first-order valence-electron chi connectivity index (χ1n) is 10.9. The van der Waals surface area contributed by atoms with E-state index in [0.29, 0.717) is 0 Å². The van der Waals surface area contributed by atoms with Crippen molar-refractivity contribution < 1.29 is 25.3 Å². The summed E-state index contributed by atoms with van der Waals surface area (Å²) in [5, 5.41) is 9.88. The molecule has 0 atom stereocenters.